The molecule has 1 saturated heterocycles. The Kier molecular flexibility index (Phi) is 4.62. The van der Waals surface area contributed by atoms with Gasteiger partial charge in [0, 0.05) is 25.4 Å². The van der Waals surface area contributed by atoms with Crippen molar-refractivity contribution >= 4 is 11.6 Å². The van der Waals surface area contributed by atoms with Crippen LogP contribution in [0.5, 0.6) is 0 Å². The molecule has 2 aliphatic heterocycles. The van der Waals surface area contributed by atoms with Gasteiger partial charge in [0.2, 0.25) is 5.91 Å². The first-order valence-corrected chi connectivity index (χ1v) is 8.63. The van der Waals surface area contributed by atoms with Crippen molar-refractivity contribution in [1.29, 1.82) is 5.26 Å². The van der Waals surface area contributed by atoms with Crippen LogP contribution >= 0.6 is 0 Å². The van der Waals surface area contributed by atoms with Gasteiger partial charge in [-0.2, -0.15) is 5.26 Å². The van der Waals surface area contributed by atoms with Crippen LogP contribution in [-0.2, 0) is 14.9 Å². The van der Waals surface area contributed by atoms with E-state index >= 15 is 0 Å². The van der Waals surface area contributed by atoms with E-state index in [4.69, 9.17) is 4.74 Å². The number of piperidine rings is 1. The monoisotopic (exact) mass is 327 g/mol. The highest BCUT2D eigenvalue weighted by molar-refractivity contribution is 6.08. The lowest BCUT2D eigenvalue weighted by Gasteiger charge is -2.40. The summed E-state index contributed by atoms with van der Waals surface area (Å²) in [5.74, 6) is 0.174. The number of hydrogen-bond acceptors (Lipinski definition) is 4. The van der Waals surface area contributed by atoms with E-state index in [9.17, 15) is 10.1 Å². The summed E-state index contributed by atoms with van der Waals surface area (Å²) in [4.78, 5) is 17.6. The Balaban J connectivity index is 1.99. The second-order valence-electron chi connectivity index (χ2n) is 7.01. The summed E-state index contributed by atoms with van der Waals surface area (Å²) in [7, 11) is 1.65. The third kappa shape index (κ3) is 2.60. The lowest BCUT2D eigenvalue weighted by atomic mass is 9.73. The molecule has 3 rings (SSSR count). The van der Waals surface area contributed by atoms with Gasteiger partial charge in [0.1, 0.15) is 0 Å². The molecule has 128 valence electrons. The number of nitriles is 1. The van der Waals surface area contributed by atoms with Gasteiger partial charge < -0.3 is 14.5 Å². The van der Waals surface area contributed by atoms with E-state index in [1.807, 2.05) is 17.0 Å². The Morgan fingerprint density at radius 3 is 2.62 bits per heavy atom. The number of likely N-dealkylation sites (tertiary alicyclic amines) is 1. The zero-order valence-electron chi connectivity index (χ0n) is 14.7. The van der Waals surface area contributed by atoms with E-state index in [0.29, 0.717) is 24.8 Å². The van der Waals surface area contributed by atoms with Crippen LogP contribution in [0.2, 0.25) is 0 Å². The van der Waals surface area contributed by atoms with Crippen LogP contribution in [0.4, 0.5) is 5.69 Å². The molecule has 0 saturated carbocycles. The van der Waals surface area contributed by atoms with Crippen molar-refractivity contribution in [2.75, 3.05) is 38.3 Å². The normalized spacial score (nSPS) is 19.8. The molecule has 1 fully saturated rings. The minimum absolute atomic E-state index is 0.174. The number of methoxy groups -OCH3 is 1. The number of hydrogen-bond donors (Lipinski definition) is 0. The van der Waals surface area contributed by atoms with Crippen molar-refractivity contribution in [3.63, 3.8) is 0 Å². The van der Waals surface area contributed by atoms with Crippen molar-refractivity contribution < 1.29 is 9.53 Å². The molecule has 0 aliphatic carbocycles. The van der Waals surface area contributed by atoms with E-state index < -0.39 is 5.41 Å². The summed E-state index contributed by atoms with van der Waals surface area (Å²) in [5, 5.41) is 9.27. The van der Waals surface area contributed by atoms with Crippen LogP contribution in [-0.4, -0.2) is 50.2 Å². The van der Waals surface area contributed by atoms with Crippen molar-refractivity contribution in [3.8, 4) is 6.07 Å². The van der Waals surface area contributed by atoms with Gasteiger partial charge in [-0.1, -0.05) is 0 Å². The fraction of sp³-hybridized carbons (Fsp3) is 0.579. The third-order valence-electron chi connectivity index (χ3n) is 5.49. The van der Waals surface area contributed by atoms with E-state index in [1.54, 1.807) is 13.2 Å². The second kappa shape index (κ2) is 6.54. The summed E-state index contributed by atoms with van der Waals surface area (Å²) in [5.41, 5.74) is 2.14. The highest BCUT2D eigenvalue weighted by atomic mass is 16.5. The molecule has 0 radical (unpaired) electrons. The van der Waals surface area contributed by atoms with E-state index in [2.05, 4.69) is 24.8 Å². The van der Waals surface area contributed by atoms with Crippen LogP contribution < -0.4 is 4.90 Å². The summed E-state index contributed by atoms with van der Waals surface area (Å²) >= 11 is 0. The maximum atomic E-state index is 13.3. The van der Waals surface area contributed by atoms with Gasteiger partial charge in [-0.05, 0) is 63.5 Å². The highest BCUT2D eigenvalue weighted by Crippen LogP contribution is 2.48. The molecule has 5 nitrogen and oxygen atoms in total. The van der Waals surface area contributed by atoms with Gasteiger partial charge in [-0.25, -0.2) is 0 Å². The number of carbonyl (C=O) groups is 1. The summed E-state index contributed by atoms with van der Waals surface area (Å²) in [6.07, 6.45) is 1.63. The minimum atomic E-state index is -0.471. The maximum Gasteiger partial charge on any atom is 0.237 e. The van der Waals surface area contributed by atoms with Gasteiger partial charge in [-0.15, -0.1) is 0 Å². The number of fused-ring (bicyclic) bond motifs is 2. The number of carbonyl (C=O) groups excluding carboxylic acids is 1. The van der Waals surface area contributed by atoms with Crippen molar-refractivity contribution in [2.45, 2.75) is 38.1 Å². The molecule has 0 unspecified atom stereocenters. The van der Waals surface area contributed by atoms with Crippen LogP contribution in [0, 0.1) is 11.3 Å². The Labute approximate surface area is 143 Å². The van der Waals surface area contributed by atoms with Crippen molar-refractivity contribution in [2.24, 2.45) is 0 Å². The first-order valence-electron chi connectivity index (χ1n) is 8.63. The highest BCUT2D eigenvalue weighted by Gasteiger charge is 2.52. The molecule has 1 aromatic rings. The van der Waals surface area contributed by atoms with Crippen LogP contribution in [0.15, 0.2) is 18.2 Å². The molecule has 5 heteroatoms. The molecule has 0 N–H and O–H groups in total. The molecule has 2 aliphatic rings. The largest absolute Gasteiger partial charge is 0.383 e. The number of rotatable bonds is 4. The predicted octanol–water partition coefficient (Wildman–Crippen LogP) is 2.29. The number of anilines is 1. The number of ether oxygens (including phenoxy) is 1. The van der Waals surface area contributed by atoms with E-state index in [-0.39, 0.29) is 5.91 Å². The quantitative estimate of drug-likeness (QED) is 0.851. The number of nitrogens with zero attached hydrogens (tertiary/aromatic N) is 3. The molecular formula is C19H25N3O2. The molecule has 1 spiro atoms. The smallest absolute Gasteiger partial charge is 0.237 e. The van der Waals surface area contributed by atoms with Gasteiger partial charge in [0.25, 0.3) is 0 Å². The molecule has 0 aromatic heterocycles. The van der Waals surface area contributed by atoms with Crippen LogP contribution in [0.25, 0.3) is 0 Å². The molecule has 0 bridgehead atoms. The van der Waals surface area contributed by atoms with Gasteiger partial charge >= 0.3 is 0 Å². The van der Waals surface area contributed by atoms with Crippen LogP contribution in [0.3, 0.4) is 0 Å². The zero-order valence-corrected chi connectivity index (χ0v) is 14.7. The van der Waals surface area contributed by atoms with Crippen molar-refractivity contribution in [1.82, 2.24) is 4.90 Å². The van der Waals surface area contributed by atoms with Crippen LogP contribution in [0.1, 0.15) is 37.8 Å². The second-order valence-corrected chi connectivity index (χ2v) is 7.01. The summed E-state index contributed by atoms with van der Waals surface area (Å²) < 4.78 is 5.18. The Bertz CT molecular complexity index is 670. The average Bonchev–Trinajstić information content (AvgIpc) is 2.82. The first kappa shape index (κ1) is 16.9. The third-order valence-corrected chi connectivity index (χ3v) is 5.49. The Morgan fingerprint density at radius 2 is 2.04 bits per heavy atom. The lowest BCUT2D eigenvalue weighted by Crippen LogP contribution is -2.50. The Hall–Kier alpha value is -1.90. The molecule has 24 heavy (non-hydrogen) atoms. The van der Waals surface area contributed by atoms with E-state index in [1.165, 1.54) is 0 Å². The minimum Gasteiger partial charge on any atom is -0.383 e. The zero-order chi connectivity index (χ0) is 17.3. The van der Waals surface area contributed by atoms with Gasteiger partial charge in [0.05, 0.1) is 23.7 Å². The molecule has 2 heterocycles. The van der Waals surface area contributed by atoms with E-state index in [0.717, 1.165) is 37.2 Å². The number of amides is 1. The maximum absolute atomic E-state index is 13.3. The standard InChI is InChI=1S/C19H25N3O2/c1-14(2)21-8-6-19(7-9-21)16-12-15(13-20)4-5-17(16)22(18(19)23)10-11-24-3/h4-5,12,14H,6-11H2,1-3H3. The average molecular weight is 327 g/mol. The number of benzene rings is 1. The van der Waals surface area contributed by atoms with Crippen molar-refractivity contribution in [3.05, 3.63) is 29.3 Å². The fourth-order valence-corrected chi connectivity index (χ4v) is 4.02. The lowest BCUT2D eigenvalue weighted by molar-refractivity contribution is -0.125. The molecule has 1 amide bonds. The topological polar surface area (TPSA) is 56.6 Å². The molecule has 0 atom stereocenters. The summed E-state index contributed by atoms with van der Waals surface area (Å²) in [6.45, 7) is 7.29. The SMILES string of the molecule is COCCN1C(=O)C2(CCN(C(C)C)CC2)c2cc(C#N)ccc21. The first-order chi connectivity index (χ1) is 11.5. The fourth-order valence-electron chi connectivity index (χ4n) is 4.02. The Morgan fingerprint density at radius 1 is 1.33 bits per heavy atom. The van der Waals surface area contributed by atoms with Gasteiger partial charge in [0.15, 0.2) is 0 Å². The van der Waals surface area contributed by atoms with Gasteiger partial charge in [-0.3, -0.25) is 4.79 Å². The molecular weight excluding hydrogens is 302 g/mol. The predicted molar refractivity (Wildman–Crippen MR) is 93.0 cm³/mol. The summed E-state index contributed by atoms with van der Waals surface area (Å²) in [6, 6.07) is 8.35. The molecule has 1 aromatic carbocycles.